The molecule has 8 heteroatoms. The number of benzene rings is 1. The maximum absolute atomic E-state index is 13.3. The van der Waals surface area contributed by atoms with E-state index >= 15 is 0 Å². The van der Waals surface area contributed by atoms with Gasteiger partial charge in [-0.15, -0.1) is 0 Å². The zero-order valence-electron chi connectivity index (χ0n) is 19.0. The van der Waals surface area contributed by atoms with Crippen molar-refractivity contribution < 1.29 is 18.7 Å². The average molecular weight is 456 g/mol. The first-order valence-corrected chi connectivity index (χ1v) is 14.6. The maximum Gasteiger partial charge on any atom is 0.231 e. The third-order valence-electron chi connectivity index (χ3n) is 5.65. The highest BCUT2D eigenvalue weighted by Gasteiger charge is 2.43. The lowest BCUT2D eigenvalue weighted by Crippen LogP contribution is -2.22. The number of nitrogens with one attached hydrogen (secondary N) is 1. The van der Waals surface area contributed by atoms with Gasteiger partial charge in [-0.3, -0.25) is 4.79 Å². The number of carbonyl (C=O) groups excluding carboxylic acids is 1. The molecule has 0 bridgehead atoms. The lowest BCUT2D eigenvalue weighted by Gasteiger charge is -2.15. The lowest BCUT2D eigenvalue weighted by atomic mass is 10.0. The first-order valence-electron chi connectivity index (χ1n) is 10.9. The van der Waals surface area contributed by atoms with Crippen LogP contribution in [0.5, 0.6) is 5.75 Å². The highest BCUT2D eigenvalue weighted by Crippen LogP contribution is 2.37. The molecule has 3 aromatic rings. The summed E-state index contributed by atoms with van der Waals surface area (Å²) in [5, 5.41) is 3.68. The van der Waals surface area contributed by atoms with E-state index in [0.29, 0.717) is 24.8 Å². The van der Waals surface area contributed by atoms with Crippen molar-refractivity contribution in [3.05, 3.63) is 42.6 Å². The molecule has 6 nitrogen and oxygen atoms in total. The lowest BCUT2D eigenvalue weighted by molar-refractivity contribution is -0.117. The Morgan fingerprint density at radius 2 is 1.97 bits per heavy atom. The molecule has 2 atom stereocenters. The van der Waals surface area contributed by atoms with Crippen molar-refractivity contribution >= 4 is 30.8 Å². The number of halogens is 1. The predicted octanol–water partition coefficient (Wildman–Crippen LogP) is 5.32. The zero-order valence-corrected chi connectivity index (χ0v) is 20.0. The van der Waals surface area contributed by atoms with E-state index in [-0.39, 0.29) is 12.3 Å². The molecule has 1 amide bonds. The van der Waals surface area contributed by atoms with Gasteiger partial charge in [0.15, 0.2) is 0 Å². The van der Waals surface area contributed by atoms with Gasteiger partial charge in [0.25, 0.3) is 0 Å². The number of ether oxygens (including phenoxy) is 2. The summed E-state index contributed by atoms with van der Waals surface area (Å²) in [7, 11) is 0.461. The van der Waals surface area contributed by atoms with Crippen LogP contribution in [-0.4, -0.2) is 43.4 Å². The van der Waals surface area contributed by atoms with Crippen LogP contribution in [0.2, 0.25) is 25.7 Å². The highest BCUT2D eigenvalue weighted by atomic mass is 28.3. The van der Waals surface area contributed by atoms with Gasteiger partial charge in [-0.05, 0) is 30.7 Å². The second-order valence-corrected chi connectivity index (χ2v) is 15.1. The number of hydrogen-bond acceptors (Lipinski definition) is 4. The van der Waals surface area contributed by atoms with Crippen molar-refractivity contribution in [3.63, 3.8) is 0 Å². The summed E-state index contributed by atoms with van der Waals surface area (Å²) in [5.41, 5.74) is 2.63. The molecule has 0 radical (unpaired) electrons. The van der Waals surface area contributed by atoms with Crippen molar-refractivity contribution in [2.45, 2.75) is 45.0 Å². The Kier molecular flexibility index (Phi) is 6.35. The summed E-state index contributed by atoms with van der Waals surface area (Å²) in [5.74, 6) is 0.299. The number of carbonyl (C=O) groups is 1. The van der Waals surface area contributed by atoms with Gasteiger partial charge in [0.2, 0.25) is 5.91 Å². The molecule has 0 spiro atoms. The maximum atomic E-state index is 13.3. The number of rotatable bonds is 9. The van der Waals surface area contributed by atoms with Gasteiger partial charge in [-0.1, -0.05) is 37.8 Å². The Bertz CT molecular complexity index is 1130. The Hall–Kier alpha value is -2.71. The van der Waals surface area contributed by atoms with Crippen LogP contribution in [0.25, 0.3) is 22.2 Å². The van der Waals surface area contributed by atoms with E-state index in [0.717, 1.165) is 28.3 Å². The molecule has 170 valence electrons. The third kappa shape index (κ3) is 5.02. The first kappa shape index (κ1) is 22.5. The Labute approximate surface area is 188 Å². The third-order valence-corrected chi connectivity index (χ3v) is 7.35. The number of hydrogen-bond donors (Lipinski definition) is 1. The molecule has 32 heavy (non-hydrogen) atoms. The summed E-state index contributed by atoms with van der Waals surface area (Å²) < 4.78 is 26.8. The number of fused-ring (bicyclic) bond motifs is 1. The molecular weight excluding hydrogens is 425 g/mol. The molecule has 1 aliphatic carbocycles. The fraction of sp³-hybridized carbons (Fsp3) is 0.417. The van der Waals surface area contributed by atoms with E-state index in [2.05, 4.69) is 29.9 Å². The average Bonchev–Trinajstić information content (AvgIpc) is 3.39. The topological polar surface area (TPSA) is 65.4 Å². The van der Waals surface area contributed by atoms with E-state index in [1.54, 1.807) is 13.2 Å². The van der Waals surface area contributed by atoms with Crippen LogP contribution in [0.15, 0.2) is 42.6 Å². The van der Waals surface area contributed by atoms with Crippen LogP contribution in [0, 0.1) is 5.92 Å². The molecule has 1 N–H and O–H groups in total. The molecule has 1 aromatic carbocycles. The van der Waals surface area contributed by atoms with Gasteiger partial charge in [0.1, 0.15) is 30.1 Å². The fourth-order valence-corrected chi connectivity index (χ4v) is 4.37. The summed E-state index contributed by atoms with van der Waals surface area (Å²) in [6, 6.07) is 12.6. The zero-order chi connectivity index (χ0) is 22.9. The second kappa shape index (κ2) is 9.03. The summed E-state index contributed by atoms with van der Waals surface area (Å²) in [4.78, 5) is 16.9. The van der Waals surface area contributed by atoms with Gasteiger partial charge in [-0.25, -0.2) is 9.37 Å². The van der Waals surface area contributed by atoms with Crippen LogP contribution in [-0.2, 0) is 16.3 Å². The number of nitrogens with zero attached hydrogens (tertiary/aromatic N) is 2. The number of aromatic nitrogens is 2. The standard InChI is InChI=1S/C24H30FN3O3Si/c1-30-21-8-6-5-7-16(21)19-14-28(15-31-11-12-32(2,3)4)23-17(19)9-10-22(26-23)27-24(29)18-13-20(18)25/h5-10,14,18,20H,11-13,15H2,1-4H3,(H,26,27,29)/t18-,20+/m0/s1. The molecule has 0 unspecified atom stereocenters. The number of amides is 1. The normalized spacial score (nSPS) is 18.0. The Balaban J connectivity index is 1.66. The van der Waals surface area contributed by atoms with E-state index in [9.17, 15) is 9.18 Å². The van der Waals surface area contributed by atoms with Crippen LogP contribution in [0.4, 0.5) is 10.2 Å². The number of anilines is 1. The second-order valence-electron chi connectivity index (χ2n) is 9.48. The van der Waals surface area contributed by atoms with E-state index in [1.807, 2.05) is 41.1 Å². The SMILES string of the molecule is COc1ccccc1-c1cn(COCC[Si](C)(C)C)c2nc(NC(=O)[C@H]3C[C@H]3F)ccc12. The van der Waals surface area contributed by atoms with E-state index < -0.39 is 20.2 Å². The minimum absolute atomic E-state index is 0.285. The van der Waals surface area contributed by atoms with Gasteiger partial charge < -0.3 is 19.4 Å². The number of para-hydroxylation sites is 1. The molecule has 2 heterocycles. The molecule has 2 aromatic heterocycles. The summed E-state index contributed by atoms with van der Waals surface area (Å²) >= 11 is 0. The van der Waals surface area contributed by atoms with Crippen molar-refractivity contribution in [2.24, 2.45) is 5.92 Å². The summed E-state index contributed by atoms with van der Waals surface area (Å²) in [6.45, 7) is 8.00. The van der Waals surface area contributed by atoms with E-state index in [1.165, 1.54) is 0 Å². The molecule has 1 fully saturated rings. The Morgan fingerprint density at radius 3 is 2.66 bits per heavy atom. The number of pyridine rings is 1. The largest absolute Gasteiger partial charge is 0.496 e. The Morgan fingerprint density at radius 1 is 1.22 bits per heavy atom. The molecular formula is C24H30FN3O3Si. The van der Waals surface area contributed by atoms with Crippen LogP contribution >= 0.6 is 0 Å². The quantitative estimate of drug-likeness (QED) is 0.350. The van der Waals surface area contributed by atoms with Crippen molar-refractivity contribution in [2.75, 3.05) is 19.0 Å². The summed E-state index contributed by atoms with van der Waals surface area (Å²) in [6.07, 6.45) is 1.25. The molecule has 0 saturated heterocycles. The molecule has 0 aliphatic heterocycles. The minimum atomic E-state index is -1.19. The van der Waals surface area contributed by atoms with Crippen molar-refractivity contribution in [3.8, 4) is 16.9 Å². The number of methoxy groups -OCH3 is 1. The van der Waals surface area contributed by atoms with Gasteiger partial charge in [-0.2, -0.15) is 0 Å². The number of alkyl halides is 1. The van der Waals surface area contributed by atoms with Gasteiger partial charge in [0, 0.05) is 37.4 Å². The van der Waals surface area contributed by atoms with Crippen LogP contribution in [0.3, 0.4) is 0 Å². The molecule has 4 rings (SSSR count). The smallest absolute Gasteiger partial charge is 0.231 e. The van der Waals surface area contributed by atoms with Crippen molar-refractivity contribution in [1.29, 1.82) is 0 Å². The van der Waals surface area contributed by atoms with Crippen LogP contribution < -0.4 is 10.1 Å². The molecule has 1 saturated carbocycles. The highest BCUT2D eigenvalue weighted by molar-refractivity contribution is 6.76. The van der Waals surface area contributed by atoms with E-state index in [4.69, 9.17) is 9.47 Å². The van der Waals surface area contributed by atoms with Gasteiger partial charge >= 0.3 is 0 Å². The molecule has 1 aliphatic rings. The fourth-order valence-electron chi connectivity index (χ4n) is 3.61. The first-order chi connectivity index (χ1) is 15.3. The predicted molar refractivity (Wildman–Crippen MR) is 127 cm³/mol. The van der Waals surface area contributed by atoms with Gasteiger partial charge in [0.05, 0.1) is 13.0 Å². The van der Waals surface area contributed by atoms with Crippen molar-refractivity contribution in [1.82, 2.24) is 9.55 Å². The minimum Gasteiger partial charge on any atom is -0.496 e. The monoisotopic (exact) mass is 455 g/mol. The van der Waals surface area contributed by atoms with Crippen LogP contribution in [0.1, 0.15) is 6.42 Å².